The van der Waals surface area contributed by atoms with Crippen LogP contribution in [0.15, 0.2) is 51.7 Å². The van der Waals surface area contributed by atoms with Gasteiger partial charge in [-0.2, -0.15) is 0 Å². The summed E-state index contributed by atoms with van der Waals surface area (Å²) < 4.78 is 22.5. The minimum Gasteiger partial charge on any atom is -0.456 e. The normalized spacial score (nSPS) is 11.9. The molecule has 0 aliphatic rings. The molecule has 5 nitrogen and oxygen atoms in total. The summed E-state index contributed by atoms with van der Waals surface area (Å²) in [5, 5.41) is 0.956. The van der Waals surface area contributed by atoms with Crippen molar-refractivity contribution >= 4 is 40.5 Å². The first kappa shape index (κ1) is 17.1. The average Bonchev–Trinajstić information content (AvgIpc) is 2.56. The lowest BCUT2D eigenvalue weighted by Crippen LogP contribution is -2.04. The molecular weight excluding hydrogens is 347 g/mol. The van der Waals surface area contributed by atoms with Gasteiger partial charge in [0.1, 0.15) is 16.9 Å². The summed E-state index contributed by atoms with van der Waals surface area (Å²) in [6.07, 6.45) is 0. The summed E-state index contributed by atoms with van der Waals surface area (Å²) in [4.78, 5) is 12.7. The number of benzene rings is 2. The van der Waals surface area contributed by atoms with E-state index in [9.17, 15) is 4.79 Å². The molecule has 0 saturated heterocycles. The van der Waals surface area contributed by atoms with Crippen LogP contribution in [0.2, 0.25) is 0 Å². The number of para-hydroxylation sites is 1. The van der Waals surface area contributed by atoms with Gasteiger partial charge in [-0.25, -0.2) is 0 Å². The smallest absolute Gasteiger partial charge is 0.380 e. The first-order valence-corrected chi connectivity index (χ1v) is 10.2. The molecule has 0 N–H and O–H groups in total. The Kier molecular flexibility index (Phi) is 5.01. The molecular formula is C17H17O5PS. The van der Waals surface area contributed by atoms with Gasteiger partial charge in [0.15, 0.2) is 0 Å². The van der Waals surface area contributed by atoms with E-state index >= 15 is 0 Å². The molecule has 2 aromatic carbocycles. The van der Waals surface area contributed by atoms with E-state index in [1.54, 1.807) is 36.4 Å². The Morgan fingerprint density at radius 1 is 1.00 bits per heavy atom. The topological polar surface area (TPSA) is 57.9 Å². The van der Waals surface area contributed by atoms with E-state index < -0.39 is 6.72 Å². The SMILES string of the molecule is CCOP(=S)(OCC)Oc1ccc2oc3ccccc3c(=O)c2c1. The largest absolute Gasteiger partial charge is 0.456 e. The van der Waals surface area contributed by atoms with Crippen LogP contribution in [0.4, 0.5) is 0 Å². The quantitative estimate of drug-likeness (QED) is 0.470. The molecule has 0 radical (unpaired) electrons. The summed E-state index contributed by atoms with van der Waals surface area (Å²) in [5.41, 5.74) is 0.933. The summed E-state index contributed by atoms with van der Waals surface area (Å²) in [6.45, 7) is 1.54. The van der Waals surface area contributed by atoms with Crippen LogP contribution in [0, 0.1) is 0 Å². The van der Waals surface area contributed by atoms with Gasteiger partial charge in [-0.3, -0.25) is 13.8 Å². The predicted octanol–water partition coefficient (Wildman–Crippen LogP) is 4.62. The van der Waals surface area contributed by atoms with Crippen LogP contribution in [-0.2, 0) is 20.9 Å². The van der Waals surface area contributed by atoms with E-state index in [1.807, 2.05) is 19.9 Å². The van der Waals surface area contributed by atoms with E-state index in [0.29, 0.717) is 40.9 Å². The maximum absolute atomic E-state index is 12.7. The molecule has 0 unspecified atom stereocenters. The molecule has 1 heterocycles. The molecule has 1 aromatic heterocycles. The zero-order valence-corrected chi connectivity index (χ0v) is 15.1. The number of hydrogen-bond acceptors (Lipinski definition) is 6. The van der Waals surface area contributed by atoms with Crippen LogP contribution >= 0.6 is 6.72 Å². The Bertz CT molecular complexity index is 972. The van der Waals surface area contributed by atoms with Gasteiger partial charge < -0.3 is 8.94 Å². The van der Waals surface area contributed by atoms with E-state index in [1.165, 1.54) is 0 Å². The molecule has 3 rings (SSSR count). The van der Waals surface area contributed by atoms with Crippen LogP contribution in [0.1, 0.15) is 13.8 Å². The van der Waals surface area contributed by atoms with E-state index in [4.69, 9.17) is 29.8 Å². The first-order valence-electron chi connectivity index (χ1n) is 7.60. The fourth-order valence-corrected chi connectivity index (χ4v) is 4.45. The monoisotopic (exact) mass is 364 g/mol. The predicted molar refractivity (Wildman–Crippen MR) is 98.2 cm³/mol. The second kappa shape index (κ2) is 7.03. The van der Waals surface area contributed by atoms with Crippen molar-refractivity contribution in [1.29, 1.82) is 0 Å². The van der Waals surface area contributed by atoms with E-state index in [0.717, 1.165) is 0 Å². The van der Waals surface area contributed by atoms with Crippen LogP contribution in [0.25, 0.3) is 21.9 Å². The highest BCUT2D eigenvalue weighted by atomic mass is 32.5. The lowest BCUT2D eigenvalue weighted by molar-refractivity contribution is 0.218. The zero-order chi connectivity index (χ0) is 17.2. The van der Waals surface area contributed by atoms with Crippen molar-refractivity contribution in [2.24, 2.45) is 0 Å². The minimum absolute atomic E-state index is 0.113. The molecule has 7 heteroatoms. The van der Waals surface area contributed by atoms with Crippen molar-refractivity contribution in [1.82, 2.24) is 0 Å². The summed E-state index contributed by atoms with van der Waals surface area (Å²) in [7, 11) is 0. The van der Waals surface area contributed by atoms with Crippen LogP contribution in [0.3, 0.4) is 0 Å². The highest BCUT2D eigenvalue weighted by Crippen LogP contribution is 2.49. The maximum atomic E-state index is 12.7. The molecule has 0 atom stereocenters. The summed E-state index contributed by atoms with van der Waals surface area (Å²) in [5.74, 6) is 0.426. The summed E-state index contributed by atoms with van der Waals surface area (Å²) in [6, 6.07) is 12.1. The lowest BCUT2D eigenvalue weighted by Gasteiger charge is -2.21. The number of hydrogen-bond donors (Lipinski definition) is 0. The Morgan fingerprint density at radius 2 is 1.67 bits per heavy atom. The Morgan fingerprint density at radius 3 is 2.38 bits per heavy atom. The van der Waals surface area contributed by atoms with Gasteiger partial charge in [-0.1, -0.05) is 12.1 Å². The van der Waals surface area contributed by atoms with Crippen molar-refractivity contribution in [3.63, 3.8) is 0 Å². The number of rotatable bonds is 6. The molecule has 0 spiro atoms. The van der Waals surface area contributed by atoms with Gasteiger partial charge in [0.05, 0.1) is 24.0 Å². The Hall–Kier alpha value is -1.72. The van der Waals surface area contributed by atoms with Gasteiger partial charge in [0, 0.05) is 11.8 Å². The van der Waals surface area contributed by atoms with Gasteiger partial charge in [-0.15, -0.1) is 0 Å². The van der Waals surface area contributed by atoms with Crippen LogP contribution < -0.4 is 9.95 Å². The third-order valence-corrected chi connectivity index (χ3v) is 5.78. The second-order valence-corrected chi connectivity index (χ2v) is 7.89. The van der Waals surface area contributed by atoms with Crippen molar-refractivity contribution in [3.8, 4) is 5.75 Å². The molecule has 0 amide bonds. The van der Waals surface area contributed by atoms with Crippen molar-refractivity contribution < 1.29 is 18.0 Å². The third kappa shape index (κ3) is 3.37. The molecule has 0 saturated carbocycles. The van der Waals surface area contributed by atoms with Crippen molar-refractivity contribution in [2.45, 2.75) is 13.8 Å². The number of fused-ring (bicyclic) bond motifs is 2. The van der Waals surface area contributed by atoms with E-state index in [-0.39, 0.29) is 5.43 Å². The fraction of sp³-hybridized carbons (Fsp3) is 0.235. The molecule has 0 fully saturated rings. The van der Waals surface area contributed by atoms with E-state index in [2.05, 4.69) is 0 Å². The lowest BCUT2D eigenvalue weighted by atomic mass is 10.1. The van der Waals surface area contributed by atoms with Gasteiger partial charge in [-0.05, 0) is 44.2 Å². The highest BCUT2D eigenvalue weighted by molar-refractivity contribution is 8.07. The molecule has 3 aromatic rings. The fourth-order valence-electron chi connectivity index (χ4n) is 2.37. The van der Waals surface area contributed by atoms with Gasteiger partial charge in [0.25, 0.3) is 0 Å². The van der Waals surface area contributed by atoms with Gasteiger partial charge in [0.2, 0.25) is 5.43 Å². The van der Waals surface area contributed by atoms with Crippen LogP contribution in [-0.4, -0.2) is 13.2 Å². The molecule has 126 valence electrons. The second-order valence-electron chi connectivity index (χ2n) is 4.96. The molecule has 0 aliphatic heterocycles. The Balaban J connectivity index is 2.08. The first-order chi connectivity index (χ1) is 11.6. The van der Waals surface area contributed by atoms with Gasteiger partial charge >= 0.3 is 6.72 Å². The standard InChI is InChI=1S/C17H17O5PS/c1-3-19-23(24,20-4-2)22-12-9-10-16-14(11-12)17(18)13-7-5-6-8-15(13)21-16/h5-11H,3-4H2,1-2H3. The van der Waals surface area contributed by atoms with Crippen molar-refractivity contribution in [2.75, 3.05) is 13.2 Å². The third-order valence-electron chi connectivity index (χ3n) is 3.34. The molecule has 0 aliphatic carbocycles. The maximum Gasteiger partial charge on any atom is 0.380 e. The summed E-state index contributed by atoms with van der Waals surface area (Å²) >= 11 is 5.36. The highest BCUT2D eigenvalue weighted by Gasteiger charge is 2.21. The minimum atomic E-state index is -2.88. The zero-order valence-electron chi connectivity index (χ0n) is 13.4. The molecule has 24 heavy (non-hydrogen) atoms. The average molecular weight is 364 g/mol. The van der Waals surface area contributed by atoms with Crippen molar-refractivity contribution in [3.05, 3.63) is 52.7 Å². The Labute approximate surface area is 144 Å². The van der Waals surface area contributed by atoms with Crippen LogP contribution in [0.5, 0.6) is 5.75 Å². The molecule has 0 bridgehead atoms.